The van der Waals surface area contributed by atoms with Crippen molar-refractivity contribution in [3.63, 3.8) is 0 Å². The average molecular weight is 536 g/mol. The van der Waals surface area contributed by atoms with Crippen molar-refractivity contribution < 1.29 is 23.5 Å². The van der Waals surface area contributed by atoms with Crippen LogP contribution in [0.25, 0.3) is 16.9 Å². The summed E-state index contributed by atoms with van der Waals surface area (Å²) in [7, 11) is 1.30. The Labute approximate surface area is 226 Å². The van der Waals surface area contributed by atoms with Crippen LogP contribution in [0, 0.1) is 11.2 Å². The summed E-state index contributed by atoms with van der Waals surface area (Å²) in [6, 6.07) is 8.07. The van der Waals surface area contributed by atoms with Crippen LogP contribution in [-0.2, 0) is 19.7 Å². The third kappa shape index (κ3) is 4.66. The third-order valence-corrected chi connectivity index (χ3v) is 7.76. The summed E-state index contributed by atoms with van der Waals surface area (Å²) in [6.45, 7) is 10.9. The third-order valence-electron chi connectivity index (χ3n) is 7.76. The van der Waals surface area contributed by atoms with Gasteiger partial charge in [-0.15, -0.1) is 0 Å². The number of amides is 2. The van der Waals surface area contributed by atoms with Gasteiger partial charge in [0.05, 0.1) is 24.5 Å². The monoisotopic (exact) mass is 535 g/mol. The molecule has 0 spiro atoms. The van der Waals surface area contributed by atoms with E-state index in [0.29, 0.717) is 43.8 Å². The lowest BCUT2D eigenvalue weighted by Crippen LogP contribution is -2.63. The van der Waals surface area contributed by atoms with E-state index >= 15 is 0 Å². The topological polar surface area (TPSA) is 97.1 Å². The van der Waals surface area contributed by atoms with Crippen molar-refractivity contribution in [2.75, 3.05) is 26.7 Å². The predicted molar refractivity (Wildman–Crippen MR) is 142 cm³/mol. The zero-order valence-electron chi connectivity index (χ0n) is 23.2. The van der Waals surface area contributed by atoms with Crippen molar-refractivity contribution in [3.8, 4) is 11.3 Å². The molecular formula is C29H34FN5O4. The Morgan fingerprint density at radius 2 is 1.72 bits per heavy atom. The molecule has 0 unspecified atom stereocenters. The van der Waals surface area contributed by atoms with Crippen LogP contribution in [0.15, 0.2) is 36.5 Å². The molecule has 0 radical (unpaired) electrons. The van der Waals surface area contributed by atoms with Crippen molar-refractivity contribution in [3.05, 3.63) is 53.6 Å². The lowest BCUT2D eigenvalue weighted by atomic mass is 9.87. The minimum absolute atomic E-state index is 0.227. The Bertz CT molecular complexity index is 1470. The number of rotatable bonds is 4. The van der Waals surface area contributed by atoms with Gasteiger partial charge in [-0.05, 0) is 62.4 Å². The molecule has 2 aliphatic rings. The molecule has 2 aromatic heterocycles. The fourth-order valence-corrected chi connectivity index (χ4v) is 5.37. The molecule has 1 aliphatic heterocycles. The van der Waals surface area contributed by atoms with Gasteiger partial charge in [-0.1, -0.05) is 20.8 Å². The van der Waals surface area contributed by atoms with Gasteiger partial charge in [0, 0.05) is 30.8 Å². The second-order valence-corrected chi connectivity index (χ2v) is 12.2. The van der Waals surface area contributed by atoms with Crippen LogP contribution in [0.1, 0.15) is 63.5 Å². The van der Waals surface area contributed by atoms with Crippen molar-refractivity contribution >= 4 is 23.4 Å². The van der Waals surface area contributed by atoms with Crippen LogP contribution in [0.3, 0.4) is 0 Å². The molecule has 0 bridgehead atoms. The second-order valence-electron chi connectivity index (χ2n) is 12.2. The fourth-order valence-electron chi connectivity index (χ4n) is 5.37. The Kier molecular flexibility index (Phi) is 6.27. The molecule has 1 aliphatic carbocycles. The number of hydrogen-bond donors (Lipinski definition) is 0. The number of hydrogen-bond acceptors (Lipinski definition) is 6. The first-order valence-corrected chi connectivity index (χ1v) is 13.1. The number of benzene rings is 1. The number of aromatic nitrogens is 3. The molecule has 1 saturated heterocycles. The Hall–Kier alpha value is -3.82. The first kappa shape index (κ1) is 26.8. The fraction of sp³-hybridized carbons (Fsp3) is 0.483. The summed E-state index contributed by atoms with van der Waals surface area (Å²) < 4.78 is 20.0. The molecular weight excluding hydrogens is 501 g/mol. The van der Waals surface area contributed by atoms with Gasteiger partial charge in [0.1, 0.15) is 16.9 Å². The van der Waals surface area contributed by atoms with Crippen LogP contribution >= 0.6 is 0 Å². The number of piperazine rings is 1. The molecule has 1 saturated carbocycles. The molecule has 2 fully saturated rings. The highest BCUT2D eigenvalue weighted by atomic mass is 19.1. The second kappa shape index (κ2) is 9.14. The SMILES string of the molecule is COC(=O)C1(C(=O)N2CCN(C(=O)c3cn4nc(-c5ccc(F)cc5)cc(C(C)(C)C)c4n3)C(C)(C)C2)CC1. The highest BCUT2D eigenvalue weighted by molar-refractivity contribution is 6.05. The molecule has 3 aromatic rings. The Morgan fingerprint density at radius 1 is 1.05 bits per heavy atom. The van der Waals surface area contributed by atoms with Crippen molar-refractivity contribution in [1.29, 1.82) is 0 Å². The summed E-state index contributed by atoms with van der Waals surface area (Å²) in [5.74, 6) is -1.30. The lowest BCUT2D eigenvalue weighted by molar-refractivity contribution is -0.157. The van der Waals surface area contributed by atoms with E-state index in [9.17, 15) is 18.8 Å². The van der Waals surface area contributed by atoms with Crippen LogP contribution in [0.4, 0.5) is 4.39 Å². The van der Waals surface area contributed by atoms with E-state index in [1.807, 2.05) is 19.9 Å². The standard InChI is InChI=1S/C29H34FN5O4/c1-27(2,3)20-15-21(18-7-9-19(30)10-8-18)32-35-16-22(31-23(20)35)24(36)34-14-13-33(17-28(34,4)5)25(37)29(11-12-29)26(38)39-6/h7-10,15-16H,11-14,17H2,1-6H3. The number of methoxy groups -OCH3 is 1. The summed E-state index contributed by atoms with van der Waals surface area (Å²) in [5, 5.41) is 4.69. The Morgan fingerprint density at radius 3 is 2.28 bits per heavy atom. The zero-order valence-corrected chi connectivity index (χ0v) is 23.2. The number of nitrogens with zero attached hydrogens (tertiary/aromatic N) is 5. The molecule has 39 heavy (non-hydrogen) atoms. The molecule has 5 rings (SSSR count). The van der Waals surface area contributed by atoms with Gasteiger partial charge in [-0.3, -0.25) is 14.4 Å². The van der Waals surface area contributed by atoms with E-state index in [4.69, 9.17) is 14.8 Å². The van der Waals surface area contributed by atoms with Gasteiger partial charge >= 0.3 is 5.97 Å². The molecule has 3 heterocycles. The average Bonchev–Trinajstić information content (AvgIpc) is 3.58. The Balaban J connectivity index is 1.44. The summed E-state index contributed by atoms with van der Waals surface area (Å²) in [4.78, 5) is 47.4. The van der Waals surface area contributed by atoms with E-state index in [1.165, 1.54) is 19.2 Å². The van der Waals surface area contributed by atoms with E-state index in [0.717, 1.165) is 11.1 Å². The van der Waals surface area contributed by atoms with E-state index in [-0.39, 0.29) is 28.7 Å². The minimum Gasteiger partial charge on any atom is -0.468 e. The molecule has 206 valence electrons. The van der Waals surface area contributed by atoms with Gasteiger partial charge in [-0.25, -0.2) is 13.9 Å². The van der Waals surface area contributed by atoms with Crippen LogP contribution < -0.4 is 0 Å². The molecule has 0 N–H and O–H groups in total. The maximum atomic E-state index is 13.8. The van der Waals surface area contributed by atoms with Crippen molar-refractivity contribution in [2.45, 2.75) is 58.4 Å². The maximum Gasteiger partial charge on any atom is 0.321 e. The van der Waals surface area contributed by atoms with Crippen LogP contribution in [-0.4, -0.2) is 74.5 Å². The molecule has 9 nitrogen and oxygen atoms in total. The smallest absolute Gasteiger partial charge is 0.321 e. The lowest BCUT2D eigenvalue weighted by Gasteiger charge is -2.47. The van der Waals surface area contributed by atoms with E-state index in [1.54, 1.807) is 32.6 Å². The molecule has 2 amide bonds. The largest absolute Gasteiger partial charge is 0.468 e. The van der Waals surface area contributed by atoms with E-state index < -0.39 is 16.9 Å². The first-order chi connectivity index (χ1) is 18.3. The molecule has 0 atom stereocenters. The summed E-state index contributed by atoms with van der Waals surface area (Å²) >= 11 is 0. The summed E-state index contributed by atoms with van der Waals surface area (Å²) in [6.07, 6.45) is 2.61. The van der Waals surface area contributed by atoms with E-state index in [2.05, 4.69) is 20.8 Å². The number of carbonyl (C=O) groups excluding carboxylic acids is 3. The molecule has 1 aromatic carbocycles. The number of fused-ring (bicyclic) bond motifs is 1. The first-order valence-electron chi connectivity index (χ1n) is 13.1. The number of esters is 1. The summed E-state index contributed by atoms with van der Waals surface area (Å²) in [5.41, 5.74) is 1.09. The highest BCUT2D eigenvalue weighted by Gasteiger charge is 2.60. The van der Waals surface area contributed by atoms with Gasteiger partial charge in [0.2, 0.25) is 5.91 Å². The van der Waals surface area contributed by atoms with Gasteiger partial charge < -0.3 is 14.5 Å². The quantitative estimate of drug-likeness (QED) is 0.372. The number of halogens is 1. The van der Waals surface area contributed by atoms with Gasteiger partial charge in [0.25, 0.3) is 5.91 Å². The maximum absolute atomic E-state index is 13.8. The zero-order chi connectivity index (χ0) is 28.3. The highest BCUT2D eigenvalue weighted by Crippen LogP contribution is 2.48. The predicted octanol–water partition coefficient (Wildman–Crippen LogP) is 3.85. The number of imidazole rings is 1. The van der Waals surface area contributed by atoms with Crippen molar-refractivity contribution in [1.82, 2.24) is 24.4 Å². The van der Waals surface area contributed by atoms with Crippen LogP contribution in [0.5, 0.6) is 0 Å². The van der Waals surface area contributed by atoms with Crippen molar-refractivity contribution in [2.24, 2.45) is 5.41 Å². The van der Waals surface area contributed by atoms with Gasteiger partial charge in [-0.2, -0.15) is 5.10 Å². The molecule has 10 heteroatoms. The normalized spacial score (nSPS) is 18.2. The number of carbonyl (C=O) groups is 3. The number of ether oxygens (including phenoxy) is 1. The van der Waals surface area contributed by atoms with Gasteiger partial charge in [0.15, 0.2) is 5.65 Å². The van der Waals surface area contributed by atoms with Crippen LogP contribution in [0.2, 0.25) is 0 Å². The minimum atomic E-state index is -1.07.